The van der Waals surface area contributed by atoms with E-state index in [9.17, 15) is 19.1 Å². The van der Waals surface area contributed by atoms with E-state index >= 15 is 0 Å². The van der Waals surface area contributed by atoms with Gasteiger partial charge in [0.05, 0.1) is 16.6 Å². The van der Waals surface area contributed by atoms with Crippen LogP contribution >= 0.6 is 11.6 Å². The first-order valence-corrected chi connectivity index (χ1v) is 6.23. The molecule has 104 valence electrons. The molecule has 0 saturated carbocycles. The van der Waals surface area contributed by atoms with Gasteiger partial charge in [-0.3, -0.25) is 4.79 Å². The summed E-state index contributed by atoms with van der Waals surface area (Å²) in [5, 5.41) is 9.03. The third-order valence-electron chi connectivity index (χ3n) is 3.32. The molecule has 0 radical (unpaired) electrons. The molecule has 1 atom stereocenters. The highest BCUT2D eigenvalue weighted by Crippen LogP contribution is 2.34. The molecule has 1 aromatic carbocycles. The molecule has 1 unspecified atom stereocenters. The van der Waals surface area contributed by atoms with Gasteiger partial charge < -0.3 is 14.4 Å². The molecule has 2 aromatic rings. The number of hydrogen-bond donors (Lipinski definition) is 1. The minimum atomic E-state index is -1.40. The summed E-state index contributed by atoms with van der Waals surface area (Å²) in [6.45, 7) is 2.05. The minimum Gasteiger partial charge on any atom is -0.477 e. The van der Waals surface area contributed by atoms with Crippen LogP contribution < -0.4 is 10.2 Å². The summed E-state index contributed by atoms with van der Waals surface area (Å²) < 4.78 is 20.4. The molecule has 2 heterocycles. The molecule has 0 fully saturated rings. The molecular weight excluding hydrogens is 289 g/mol. The van der Waals surface area contributed by atoms with Crippen molar-refractivity contribution in [3.63, 3.8) is 0 Å². The molecule has 0 spiro atoms. The maximum absolute atomic E-state index is 13.6. The third-order valence-corrected chi connectivity index (χ3v) is 3.61. The highest BCUT2D eigenvalue weighted by Gasteiger charge is 2.30. The lowest BCUT2D eigenvalue weighted by Gasteiger charge is -2.13. The Kier molecular flexibility index (Phi) is 2.72. The van der Waals surface area contributed by atoms with E-state index in [0.29, 0.717) is 5.52 Å². The Morgan fingerprint density at radius 3 is 2.90 bits per heavy atom. The molecule has 5 nitrogen and oxygen atoms in total. The van der Waals surface area contributed by atoms with E-state index in [0.717, 1.165) is 6.07 Å². The van der Waals surface area contributed by atoms with E-state index < -0.39 is 22.8 Å². The zero-order chi connectivity index (χ0) is 14.6. The highest BCUT2D eigenvalue weighted by atomic mass is 35.5. The molecule has 1 aromatic heterocycles. The van der Waals surface area contributed by atoms with Crippen molar-refractivity contribution >= 4 is 28.5 Å². The van der Waals surface area contributed by atoms with Gasteiger partial charge in [0.1, 0.15) is 12.4 Å². The Morgan fingerprint density at radius 1 is 1.55 bits per heavy atom. The average Bonchev–Trinajstić information content (AvgIpc) is 2.74. The van der Waals surface area contributed by atoms with E-state index in [1.54, 1.807) is 4.57 Å². The number of benzene rings is 1. The molecule has 1 aliphatic rings. The number of carbonyl (C=O) groups is 1. The van der Waals surface area contributed by atoms with Crippen LogP contribution in [0, 0.1) is 5.82 Å². The number of carboxylic acid groups (broad SMARTS) is 1. The quantitative estimate of drug-likeness (QED) is 0.878. The van der Waals surface area contributed by atoms with Gasteiger partial charge in [-0.2, -0.15) is 0 Å². The molecule has 3 rings (SSSR count). The second kappa shape index (κ2) is 4.21. The van der Waals surface area contributed by atoms with Crippen LogP contribution in [0.3, 0.4) is 0 Å². The zero-order valence-electron chi connectivity index (χ0n) is 10.3. The second-order valence-electron chi connectivity index (χ2n) is 4.63. The van der Waals surface area contributed by atoms with Gasteiger partial charge in [-0.15, -0.1) is 0 Å². The summed E-state index contributed by atoms with van der Waals surface area (Å²) in [6.07, 6.45) is 0. The summed E-state index contributed by atoms with van der Waals surface area (Å²) in [5.74, 6) is -2.17. The first-order valence-electron chi connectivity index (χ1n) is 5.85. The predicted octanol–water partition coefficient (Wildman–Crippen LogP) is 2.45. The van der Waals surface area contributed by atoms with E-state index in [4.69, 9.17) is 16.3 Å². The fourth-order valence-electron chi connectivity index (χ4n) is 2.42. The molecular formula is C13H9ClFNO4. The van der Waals surface area contributed by atoms with Crippen LogP contribution in [0.25, 0.3) is 10.9 Å². The molecule has 1 N–H and O–H groups in total. The fraction of sp³-hybridized carbons (Fsp3) is 0.231. The Bertz CT molecular complexity index is 814. The number of ether oxygens (including phenoxy) is 1. The standard InChI is InChI=1S/C13H9ClFNO4/c1-5-4-20-12-10(13(18)19)11(17)6-2-8(15)7(14)3-9(6)16(5)12/h2-3,5H,4H2,1H3,(H,18,19). The Morgan fingerprint density at radius 2 is 2.25 bits per heavy atom. The van der Waals surface area contributed by atoms with Crippen LogP contribution in [0.15, 0.2) is 16.9 Å². The van der Waals surface area contributed by atoms with Crippen LogP contribution in [0.5, 0.6) is 5.88 Å². The highest BCUT2D eigenvalue weighted by molar-refractivity contribution is 6.31. The predicted molar refractivity (Wildman–Crippen MR) is 70.3 cm³/mol. The topological polar surface area (TPSA) is 68.5 Å². The van der Waals surface area contributed by atoms with Crippen molar-refractivity contribution in [3.8, 4) is 5.88 Å². The van der Waals surface area contributed by atoms with Crippen molar-refractivity contribution in [2.24, 2.45) is 0 Å². The Balaban J connectivity index is 2.57. The molecule has 20 heavy (non-hydrogen) atoms. The van der Waals surface area contributed by atoms with Crippen molar-refractivity contribution in [2.45, 2.75) is 13.0 Å². The van der Waals surface area contributed by atoms with E-state index in [2.05, 4.69) is 0 Å². The van der Waals surface area contributed by atoms with Gasteiger partial charge in [0.15, 0.2) is 5.56 Å². The number of hydrogen-bond acceptors (Lipinski definition) is 3. The van der Waals surface area contributed by atoms with Crippen LogP contribution in [-0.4, -0.2) is 22.2 Å². The molecule has 0 aliphatic carbocycles. The lowest BCUT2D eigenvalue weighted by Crippen LogP contribution is -2.19. The summed E-state index contributed by atoms with van der Waals surface area (Å²) in [7, 11) is 0. The summed E-state index contributed by atoms with van der Waals surface area (Å²) in [6, 6.07) is 2.10. The van der Waals surface area contributed by atoms with E-state index in [-0.39, 0.29) is 28.9 Å². The van der Waals surface area contributed by atoms with Gasteiger partial charge in [-0.05, 0) is 19.1 Å². The van der Waals surface area contributed by atoms with Gasteiger partial charge in [-0.1, -0.05) is 11.6 Å². The number of aromatic nitrogens is 1. The summed E-state index contributed by atoms with van der Waals surface area (Å²) in [4.78, 5) is 23.5. The van der Waals surface area contributed by atoms with Crippen molar-refractivity contribution < 1.29 is 19.0 Å². The lowest BCUT2D eigenvalue weighted by molar-refractivity contribution is 0.0691. The van der Waals surface area contributed by atoms with E-state index in [1.165, 1.54) is 6.07 Å². The number of nitrogens with zero attached hydrogens (tertiary/aromatic N) is 1. The summed E-state index contributed by atoms with van der Waals surface area (Å²) >= 11 is 5.74. The van der Waals surface area contributed by atoms with Crippen LogP contribution in [0.1, 0.15) is 23.3 Å². The largest absolute Gasteiger partial charge is 0.477 e. The van der Waals surface area contributed by atoms with Crippen molar-refractivity contribution in [2.75, 3.05) is 6.61 Å². The van der Waals surface area contributed by atoms with Crippen LogP contribution in [-0.2, 0) is 0 Å². The van der Waals surface area contributed by atoms with Gasteiger partial charge in [0, 0.05) is 5.39 Å². The molecule has 0 saturated heterocycles. The second-order valence-corrected chi connectivity index (χ2v) is 5.04. The third kappa shape index (κ3) is 1.61. The number of halogens is 2. The van der Waals surface area contributed by atoms with Crippen molar-refractivity contribution in [1.29, 1.82) is 0 Å². The first kappa shape index (κ1) is 12.9. The zero-order valence-corrected chi connectivity index (χ0v) is 11.1. The number of fused-ring (bicyclic) bond motifs is 3. The maximum atomic E-state index is 13.6. The number of rotatable bonds is 1. The molecule has 1 aliphatic heterocycles. The first-order chi connectivity index (χ1) is 9.41. The van der Waals surface area contributed by atoms with Gasteiger partial charge in [-0.25, -0.2) is 9.18 Å². The number of carboxylic acids is 1. The molecule has 0 bridgehead atoms. The van der Waals surface area contributed by atoms with E-state index in [1.807, 2.05) is 6.92 Å². The summed E-state index contributed by atoms with van der Waals surface area (Å²) in [5.41, 5.74) is -0.890. The Hall–Kier alpha value is -2.08. The van der Waals surface area contributed by atoms with Crippen molar-refractivity contribution in [1.82, 2.24) is 4.57 Å². The monoisotopic (exact) mass is 297 g/mol. The molecule has 7 heteroatoms. The minimum absolute atomic E-state index is 0.00910. The lowest BCUT2D eigenvalue weighted by atomic mass is 10.1. The molecule has 0 amide bonds. The van der Waals surface area contributed by atoms with Crippen LogP contribution in [0.4, 0.5) is 4.39 Å². The average molecular weight is 298 g/mol. The SMILES string of the molecule is CC1COc2c(C(=O)O)c(=O)c3cc(F)c(Cl)cc3n21. The van der Waals surface area contributed by atoms with Crippen LogP contribution in [0.2, 0.25) is 5.02 Å². The smallest absolute Gasteiger partial charge is 0.345 e. The fourth-order valence-corrected chi connectivity index (χ4v) is 2.58. The maximum Gasteiger partial charge on any atom is 0.345 e. The number of aromatic carboxylic acids is 1. The van der Waals surface area contributed by atoms with Gasteiger partial charge >= 0.3 is 5.97 Å². The normalized spacial score (nSPS) is 17.1. The number of pyridine rings is 1. The van der Waals surface area contributed by atoms with Crippen molar-refractivity contribution in [3.05, 3.63) is 38.8 Å². The van der Waals surface area contributed by atoms with Gasteiger partial charge in [0.25, 0.3) is 0 Å². The Labute approximate surface area is 117 Å². The van der Waals surface area contributed by atoms with Gasteiger partial charge in [0.2, 0.25) is 11.3 Å².